The van der Waals surface area contributed by atoms with Crippen LogP contribution in [0.25, 0.3) is 0 Å². The van der Waals surface area contributed by atoms with Crippen LogP contribution in [-0.2, 0) is 11.3 Å². The van der Waals surface area contributed by atoms with Crippen LogP contribution in [-0.4, -0.2) is 66.9 Å². The molecule has 4 heteroatoms. The molecule has 0 saturated carbocycles. The zero-order chi connectivity index (χ0) is 15.1. The minimum absolute atomic E-state index is 0.383. The highest BCUT2D eigenvalue weighted by Gasteiger charge is 2.22. The predicted octanol–water partition coefficient (Wildman–Crippen LogP) is 1.59. The van der Waals surface area contributed by atoms with Crippen LogP contribution in [0.5, 0.6) is 0 Å². The van der Waals surface area contributed by atoms with E-state index in [-0.39, 0.29) is 6.10 Å². The van der Waals surface area contributed by atoms with Gasteiger partial charge in [-0.1, -0.05) is 30.3 Å². The van der Waals surface area contributed by atoms with Crippen molar-refractivity contribution in [3.8, 4) is 0 Å². The zero-order valence-corrected chi connectivity index (χ0v) is 13.2. The Balaban J connectivity index is 1.86. The van der Waals surface area contributed by atoms with E-state index in [1.807, 2.05) is 0 Å². The second-order valence-electron chi connectivity index (χ2n) is 6.00. The molecule has 1 aromatic carbocycles. The van der Waals surface area contributed by atoms with Crippen LogP contribution in [0.15, 0.2) is 30.3 Å². The number of methoxy groups -OCH3 is 1. The van der Waals surface area contributed by atoms with Gasteiger partial charge in [0.15, 0.2) is 0 Å². The number of hydrogen-bond donors (Lipinski definition) is 1. The number of ether oxygens (including phenoxy) is 1. The van der Waals surface area contributed by atoms with Crippen molar-refractivity contribution < 1.29 is 9.84 Å². The van der Waals surface area contributed by atoms with Gasteiger partial charge >= 0.3 is 0 Å². The maximum Gasteiger partial charge on any atom is 0.0900 e. The molecule has 0 aromatic heterocycles. The van der Waals surface area contributed by atoms with Gasteiger partial charge in [0, 0.05) is 39.3 Å². The third-order valence-electron chi connectivity index (χ3n) is 4.25. The Morgan fingerprint density at radius 3 is 2.71 bits per heavy atom. The van der Waals surface area contributed by atoms with Crippen LogP contribution >= 0.6 is 0 Å². The van der Waals surface area contributed by atoms with Gasteiger partial charge in [0.05, 0.1) is 12.7 Å². The molecule has 1 fully saturated rings. The molecular weight excluding hydrogens is 264 g/mol. The fourth-order valence-corrected chi connectivity index (χ4v) is 2.93. The molecule has 4 nitrogen and oxygen atoms in total. The Morgan fingerprint density at radius 1 is 1.24 bits per heavy atom. The Bertz CT molecular complexity index is 399. The molecule has 2 atom stereocenters. The zero-order valence-electron chi connectivity index (χ0n) is 13.2. The summed E-state index contributed by atoms with van der Waals surface area (Å²) in [6.07, 6.45) is 0.762. The first-order chi connectivity index (χ1) is 10.2. The molecular formula is C17H28N2O2. The molecule has 0 aliphatic carbocycles. The van der Waals surface area contributed by atoms with Crippen LogP contribution in [0, 0.1) is 0 Å². The summed E-state index contributed by atoms with van der Waals surface area (Å²) in [6, 6.07) is 11.2. The van der Waals surface area contributed by atoms with Crippen molar-refractivity contribution in [2.75, 3.05) is 39.9 Å². The molecule has 1 saturated heterocycles. The molecule has 1 aliphatic rings. The van der Waals surface area contributed by atoms with Crippen molar-refractivity contribution in [3.63, 3.8) is 0 Å². The van der Waals surface area contributed by atoms with Crippen molar-refractivity contribution >= 4 is 0 Å². The summed E-state index contributed by atoms with van der Waals surface area (Å²) in [5.41, 5.74) is 1.37. The van der Waals surface area contributed by atoms with Crippen LogP contribution < -0.4 is 0 Å². The lowest BCUT2D eigenvalue weighted by atomic mass is 10.1. The Morgan fingerprint density at radius 2 is 2.00 bits per heavy atom. The van der Waals surface area contributed by atoms with Gasteiger partial charge in [-0.2, -0.15) is 0 Å². The second-order valence-corrected chi connectivity index (χ2v) is 6.00. The summed E-state index contributed by atoms with van der Waals surface area (Å²) >= 11 is 0. The van der Waals surface area contributed by atoms with E-state index in [0.717, 1.165) is 32.6 Å². The molecule has 1 aromatic rings. The maximum absolute atomic E-state index is 9.88. The van der Waals surface area contributed by atoms with Gasteiger partial charge in [-0.3, -0.25) is 9.80 Å². The van der Waals surface area contributed by atoms with E-state index in [1.165, 1.54) is 5.56 Å². The molecule has 0 radical (unpaired) electrons. The number of β-amino-alcohol motifs (C(OH)–C–C–N with tert-alkyl or cyclic N) is 1. The monoisotopic (exact) mass is 292 g/mol. The van der Waals surface area contributed by atoms with Gasteiger partial charge in [0.1, 0.15) is 0 Å². The average molecular weight is 292 g/mol. The van der Waals surface area contributed by atoms with Gasteiger partial charge in [-0.15, -0.1) is 0 Å². The van der Waals surface area contributed by atoms with Crippen LogP contribution in [0.1, 0.15) is 18.9 Å². The van der Waals surface area contributed by atoms with Gasteiger partial charge < -0.3 is 9.84 Å². The van der Waals surface area contributed by atoms with E-state index in [2.05, 4.69) is 47.1 Å². The summed E-state index contributed by atoms with van der Waals surface area (Å²) < 4.78 is 5.01. The fraction of sp³-hybridized carbons (Fsp3) is 0.647. The standard InChI is InChI=1S/C17H28N2O2/c1-15-8-9-18(13-17(20)14-21-2)10-11-19(15)12-16-6-4-3-5-7-16/h3-7,15,17,20H,8-14H2,1-2H3/t15-,17-/m1/s1. The van der Waals surface area contributed by atoms with Crippen molar-refractivity contribution in [2.24, 2.45) is 0 Å². The lowest BCUT2D eigenvalue weighted by Gasteiger charge is -2.26. The lowest BCUT2D eigenvalue weighted by Crippen LogP contribution is -2.37. The van der Waals surface area contributed by atoms with Crippen LogP contribution in [0.3, 0.4) is 0 Å². The molecule has 2 rings (SSSR count). The molecule has 1 N–H and O–H groups in total. The van der Waals surface area contributed by atoms with E-state index >= 15 is 0 Å². The first-order valence-corrected chi connectivity index (χ1v) is 7.86. The number of aliphatic hydroxyl groups excluding tert-OH is 1. The maximum atomic E-state index is 9.88. The topological polar surface area (TPSA) is 35.9 Å². The molecule has 0 bridgehead atoms. The number of aliphatic hydroxyl groups is 1. The summed E-state index contributed by atoms with van der Waals surface area (Å²) in [6.45, 7) is 7.55. The largest absolute Gasteiger partial charge is 0.389 e. The first kappa shape index (κ1) is 16.4. The third-order valence-corrected chi connectivity index (χ3v) is 4.25. The molecule has 21 heavy (non-hydrogen) atoms. The first-order valence-electron chi connectivity index (χ1n) is 7.86. The third kappa shape index (κ3) is 5.40. The average Bonchev–Trinajstić information content (AvgIpc) is 2.64. The van der Waals surface area contributed by atoms with E-state index in [4.69, 9.17) is 4.74 Å². The number of hydrogen-bond acceptors (Lipinski definition) is 4. The van der Waals surface area contributed by atoms with E-state index < -0.39 is 0 Å². The van der Waals surface area contributed by atoms with E-state index in [9.17, 15) is 5.11 Å². The minimum Gasteiger partial charge on any atom is -0.389 e. The molecule has 1 heterocycles. The SMILES string of the molecule is COC[C@H](O)CN1CC[C@@H](C)N(Cc2ccccc2)CC1. The molecule has 0 unspecified atom stereocenters. The summed E-state index contributed by atoms with van der Waals surface area (Å²) in [4.78, 5) is 4.89. The van der Waals surface area contributed by atoms with Crippen LogP contribution in [0.4, 0.5) is 0 Å². The molecule has 0 spiro atoms. The molecule has 118 valence electrons. The van der Waals surface area contributed by atoms with Crippen molar-refractivity contribution in [3.05, 3.63) is 35.9 Å². The van der Waals surface area contributed by atoms with Gasteiger partial charge in [-0.25, -0.2) is 0 Å². The molecule has 0 amide bonds. The normalized spacial score (nSPS) is 22.9. The number of rotatable bonds is 6. The highest BCUT2D eigenvalue weighted by molar-refractivity contribution is 5.14. The smallest absolute Gasteiger partial charge is 0.0900 e. The highest BCUT2D eigenvalue weighted by atomic mass is 16.5. The quantitative estimate of drug-likeness (QED) is 0.864. The highest BCUT2D eigenvalue weighted by Crippen LogP contribution is 2.15. The Kier molecular flexibility index (Phi) is 6.64. The summed E-state index contributed by atoms with van der Waals surface area (Å²) in [7, 11) is 1.63. The Labute approximate surface area is 128 Å². The number of nitrogens with zero attached hydrogens (tertiary/aromatic N) is 2. The van der Waals surface area contributed by atoms with E-state index in [1.54, 1.807) is 7.11 Å². The summed E-state index contributed by atoms with van der Waals surface area (Å²) in [5, 5.41) is 9.88. The van der Waals surface area contributed by atoms with Gasteiger partial charge in [0.2, 0.25) is 0 Å². The molecule has 1 aliphatic heterocycles. The Hall–Kier alpha value is -0.940. The predicted molar refractivity (Wildman–Crippen MR) is 85.3 cm³/mol. The van der Waals surface area contributed by atoms with Crippen molar-refractivity contribution in [1.29, 1.82) is 0 Å². The number of benzene rings is 1. The van der Waals surface area contributed by atoms with Gasteiger partial charge in [0.25, 0.3) is 0 Å². The lowest BCUT2D eigenvalue weighted by molar-refractivity contribution is 0.0385. The summed E-state index contributed by atoms with van der Waals surface area (Å²) in [5.74, 6) is 0. The van der Waals surface area contributed by atoms with Crippen LogP contribution in [0.2, 0.25) is 0 Å². The minimum atomic E-state index is -0.383. The second kappa shape index (κ2) is 8.49. The van der Waals surface area contributed by atoms with Crippen molar-refractivity contribution in [1.82, 2.24) is 9.80 Å². The van der Waals surface area contributed by atoms with Crippen molar-refractivity contribution in [2.45, 2.75) is 32.0 Å². The van der Waals surface area contributed by atoms with E-state index in [0.29, 0.717) is 19.2 Å². The van der Waals surface area contributed by atoms with Gasteiger partial charge in [-0.05, 0) is 25.5 Å². The fourth-order valence-electron chi connectivity index (χ4n) is 2.93.